The maximum absolute atomic E-state index is 10.4. The molecule has 3 nitrogen and oxygen atoms in total. The molecule has 2 N–H and O–H groups in total. The third kappa shape index (κ3) is 3.69. The molecule has 0 amide bonds. The molecule has 3 heteroatoms. The Hall–Kier alpha value is -2.10. The van der Waals surface area contributed by atoms with Gasteiger partial charge in [0, 0.05) is 23.1 Å². The molecule has 0 spiro atoms. The first-order chi connectivity index (χ1) is 11.7. The van der Waals surface area contributed by atoms with Crippen molar-refractivity contribution in [2.75, 3.05) is 13.1 Å². The van der Waals surface area contributed by atoms with Gasteiger partial charge in [-0.15, -0.1) is 0 Å². The second kappa shape index (κ2) is 7.65. The summed E-state index contributed by atoms with van der Waals surface area (Å²) in [5.74, 6) is 0. The van der Waals surface area contributed by atoms with Crippen LogP contribution in [-0.4, -0.2) is 28.9 Å². The number of nitrogens with one attached hydrogen (secondary N) is 1. The van der Waals surface area contributed by atoms with Crippen molar-refractivity contribution in [2.24, 2.45) is 0 Å². The molecule has 126 valence electrons. The van der Waals surface area contributed by atoms with Gasteiger partial charge in [0.25, 0.3) is 0 Å². The van der Waals surface area contributed by atoms with Crippen LogP contribution in [-0.2, 0) is 13.0 Å². The van der Waals surface area contributed by atoms with Gasteiger partial charge in [0.05, 0.1) is 12.6 Å². The summed E-state index contributed by atoms with van der Waals surface area (Å²) >= 11 is 0. The van der Waals surface area contributed by atoms with Crippen LogP contribution < -0.4 is 5.32 Å². The van der Waals surface area contributed by atoms with Gasteiger partial charge < -0.3 is 15.0 Å². The number of aromatic nitrogens is 1. The van der Waals surface area contributed by atoms with Crippen LogP contribution in [0.25, 0.3) is 10.9 Å². The van der Waals surface area contributed by atoms with Crippen molar-refractivity contribution < 1.29 is 5.11 Å². The lowest BCUT2D eigenvalue weighted by molar-refractivity contribution is 0.152. The molecule has 0 fully saturated rings. The number of hydrogen-bond donors (Lipinski definition) is 2. The number of benzene rings is 2. The summed E-state index contributed by atoms with van der Waals surface area (Å²) in [5.41, 5.74) is 5.06. The van der Waals surface area contributed by atoms with E-state index in [-0.39, 0.29) is 0 Å². The Morgan fingerprint density at radius 3 is 2.50 bits per heavy atom. The quantitative estimate of drug-likeness (QED) is 0.654. The zero-order chi connectivity index (χ0) is 16.9. The Morgan fingerprint density at radius 1 is 1.00 bits per heavy atom. The number of hydrogen-bond acceptors (Lipinski definition) is 2. The lowest BCUT2D eigenvalue weighted by Crippen LogP contribution is -2.31. The number of aryl methyl sites for hydroxylation is 1. The normalized spacial score (nSPS) is 12.6. The van der Waals surface area contributed by atoms with E-state index in [9.17, 15) is 5.11 Å². The monoisotopic (exact) mass is 322 g/mol. The molecule has 0 aliphatic rings. The smallest absolute Gasteiger partial charge is 0.0843 e. The van der Waals surface area contributed by atoms with Crippen LogP contribution in [0.15, 0.2) is 54.6 Å². The molecule has 2 aromatic carbocycles. The van der Waals surface area contributed by atoms with Gasteiger partial charge in [-0.25, -0.2) is 0 Å². The second-order valence-electron chi connectivity index (χ2n) is 6.43. The minimum Gasteiger partial charge on any atom is -0.390 e. The van der Waals surface area contributed by atoms with Crippen LogP contribution in [0.3, 0.4) is 0 Å². The summed E-state index contributed by atoms with van der Waals surface area (Å²) in [4.78, 5) is 0. The first-order valence-electron chi connectivity index (χ1n) is 8.64. The topological polar surface area (TPSA) is 37.2 Å². The molecule has 24 heavy (non-hydrogen) atoms. The van der Waals surface area contributed by atoms with Crippen molar-refractivity contribution in [3.63, 3.8) is 0 Å². The summed E-state index contributed by atoms with van der Waals surface area (Å²) in [6.45, 7) is 6.39. The lowest BCUT2D eigenvalue weighted by atomic mass is 10.1. The van der Waals surface area contributed by atoms with E-state index < -0.39 is 6.10 Å². The van der Waals surface area contributed by atoms with Crippen molar-refractivity contribution in [1.29, 1.82) is 0 Å². The average Bonchev–Trinajstić information content (AvgIpc) is 2.85. The maximum atomic E-state index is 10.4. The van der Waals surface area contributed by atoms with E-state index in [2.05, 4.69) is 72.3 Å². The van der Waals surface area contributed by atoms with E-state index in [0.717, 1.165) is 13.0 Å². The number of rotatable bonds is 7. The number of para-hydroxylation sites is 1. The van der Waals surface area contributed by atoms with E-state index in [4.69, 9.17) is 0 Å². The first kappa shape index (κ1) is 16.7. The van der Waals surface area contributed by atoms with Crippen LogP contribution in [0.4, 0.5) is 0 Å². The second-order valence-corrected chi connectivity index (χ2v) is 6.43. The fraction of sp³-hybridized carbons (Fsp3) is 0.333. The summed E-state index contributed by atoms with van der Waals surface area (Å²) in [5, 5.41) is 15.1. The Morgan fingerprint density at radius 2 is 1.71 bits per heavy atom. The first-order valence-corrected chi connectivity index (χ1v) is 8.64. The number of aliphatic hydroxyl groups excluding tert-OH is 1. The molecule has 0 radical (unpaired) electrons. The molecular weight excluding hydrogens is 296 g/mol. The Labute approximate surface area is 143 Å². The molecule has 0 saturated heterocycles. The zero-order valence-corrected chi connectivity index (χ0v) is 14.5. The van der Waals surface area contributed by atoms with Crippen molar-refractivity contribution in [2.45, 2.75) is 32.9 Å². The van der Waals surface area contributed by atoms with E-state index in [1.54, 1.807) is 0 Å². The Balaban J connectivity index is 1.56. The van der Waals surface area contributed by atoms with Crippen LogP contribution in [0.2, 0.25) is 0 Å². The summed E-state index contributed by atoms with van der Waals surface area (Å²) in [7, 11) is 0. The number of aliphatic hydroxyl groups is 1. The van der Waals surface area contributed by atoms with Gasteiger partial charge in [0.2, 0.25) is 0 Å². The van der Waals surface area contributed by atoms with Gasteiger partial charge in [-0.05, 0) is 44.0 Å². The highest BCUT2D eigenvalue weighted by Gasteiger charge is 2.13. The Bertz CT molecular complexity index is 792. The lowest BCUT2D eigenvalue weighted by Gasteiger charge is -2.15. The van der Waals surface area contributed by atoms with E-state index in [0.29, 0.717) is 13.1 Å². The molecule has 0 bridgehead atoms. The van der Waals surface area contributed by atoms with Gasteiger partial charge in [-0.1, -0.05) is 48.5 Å². The van der Waals surface area contributed by atoms with Crippen molar-refractivity contribution in [3.05, 3.63) is 71.4 Å². The van der Waals surface area contributed by atoms with Crippen LogP contribution >= 0.6 is 0 Å². The molecule has 3 aromatic rings. The van der Waals surface area contributed by atoms with Gasteiger partial charge in [0.15, 0.2) is 0 Å². The molecule has 0 saturated carbocycles. The molecule has 1 aromatic heterocycles. The summed E-state index contributed by atoms with van der Waals surface area (Å²) in [6, 6.07) is 18.8. The van der Waals surface area contributed by atoms with Gasteiger partial charge in [0.1, 0.15) is 0 Å². The van der Waals surface area contributed by atoms with Crippen LogP contribution in [0.5, 0.6) is 0 Å². The largest absolute Gasteiger partial charge is 0.390 e. The standard InChI is InChI=1S/C21H26N2O/c1-16-17(2)23(21-11-7-6-10-20(16)21)15-19(24)14-22-13-12-18-8-4-3-5-9-18/h3-11,19,22,24H,12-15H2,1-2H3/t19-/m1/s1. The van der Waals surface area contributed by atoms with E-state index in [1.165, 1.54) is 27.7 Å². The van der Waals surface area contributed by atoms with E-state index in [1.807, 2.05) is 6.07 Å². The van der Waals surface area contributed by atoms with E-state index >= 15 is 0 Å². The molecule has 1 atom stereocenters. The summed E-state index contributed by atoms with van der Waals surface area (Å²) in [6.07, 6.45) is 0.590. The summed E-state index contributed by atoms with van der Waals surface area (Å²) < 4.78 is 2.23. The predicted octanol–water partition coefficient (Wildman–Crippen LogP) is 3.45. The van der Waals surface area contributed by atoms with Crippen molar-refractivity contribution in [1.82, 2.24) is 9.88 Å². The minimum absolute atomic E-state index is 0.394. The fourth-order valence-corrected chi connectivity index (χ4v) is 3.26. The predicted molar refractivity (Wildman–Crippen MR) is 100 cm³/mol. The third-order valence-electron chi connectivity index (χ3n) is 4.75. The minimum atomic E-state index is -0.394. The Kier molecular flexibility index (Phi) is 5.34. The SMILES string of the molecule is Cc1c(C)n(C[C@H](O)CNCCc2ccccc2)c2ccccc12. The fourth-order valence-electron chi connectivity index (χ4n) is 3.26. The highest BCUT2D eigenvalue weighted by Crippen LogP contribution is 2.25. The molecule has 0 aliphatic heterocycles. The molecule has 0 aliphatic carbocycles. The van der Waals surface area contributed by atoms with Gasteiger partial charge >= 0.3 is 0 Å². The molecule has 3 rings (SSSR count). The van der Waals surface area contributed by atoms with Crippen LogP contribution in [0, 0.1) is 13.8 Å². The number of nitrogens with zero attached hydrogens (tertiary/aromatic N) is 1. The average molecular weight is 322 g/mol. The zero-order valence-electron chi connectivity index (χ0n) is 14.5. The van der Waals surface area contributed by atoms with Gasteiger partial charge in [-0.2, -0.15) is 0 Å². The third-order valence-corrected chi connectivity index (χ3v) is 4.75. The highest BCUT2D eigenvalue weighted by atomic mass is 16.3. The molecular formula is C21H26N2O. The van der Waals surface area contributed by atoms with Crippen molar-refractivity contribution in [3.8, 4) is 0 Å². The van der Waals surface area contributed by atoms with Crippen LogP contribution in [0.1, 0.15) is 16.8 Å². The number of fused-ring (bicyclic) bond motifs is 1. The van der Waals surface area contributed by atoms with Crippen molar-refractivity contribution >= 4 is 10.9 Å². The van der Waals surface area contributed by atoms with Gasteiger partial charge in [-0.3, -0.25) is 0 Å². The maximum Gasteiger partial charge on any atom is 0.0843 e. The molecule has 1 heterocycles. The molecule has 0 unspecified atom stereocenters. The highest BCUT2D eigenvalue weighted by molar-refractivity contribution is 5.85.